The maximum atomic E-state index is 12.4. The fourth-order valence-electron chi connectivity index (χ4n) is 3.04. The van der Waals surface area contributed by atoms with E-state index in [9.17, 15) is 4.79 Å². The lowest BCUT2D eigenvalue weighted by atomic mass is 10.1. The number of rotatable bonds is 8. The first kappa shape index (κ1) is 21.1. The third-order valence-electron chi connectivity index (χ3n) is 4.92. The van der Waals surface area contributed by atoms with Gasteiger partial charge in [0.2, 0.25) is 5.91 Å². The average Bonchev–Trinajstić information content (AvgIpc) is 3.18. The van der Waals surface area contributed by atoms with Crippen LogP contribution in [0.1, 0.15) is 22.7 Å². The molecule has 0 spiro atoms. The minimum Gasteiger partial charge on any atom is -0.353 e. The number of benzene rings is 2. The van der Waals surface area contributed by atoms with Gasteiger partial charge in [0.15, 0.2) is 5.16 Å². The van der Waals surface area contributed by atoms with Crippen LogP contribution in [0.25, 0.3) is 5.69 Å². The number of amides is 1. The van der Waals surface area contributed by atoms with E-state index >= 15 is 0 Å². The molecule has 1 aromatic heterocycles. The summed E-state index contributed by atoms with van der Waals surface area (Å²) >= 11 is 1.39. The van der Waals surface area contributed by atoms with Crippen LogP contribution < -0.4 is 5.32 Å². The molecule has 3 rings (SSSR count). The smallest absolute Gasteiger partial charge is 0.230 e. The molecule has 1 amide bonds. The van der Waals surface area contributed by atoms with Crippen molar-refractivity contribution >= 4 is 17.7 Å². The highest BCUT2D eigenvalue weighted by Gasteiger charge is 2.16. The molecule has 1 N–H and O–H groups in total. The first-order valence-electron chi connectivity index (χ1n) is 9.54. The number of nitrogens with one attached hydrogen (secondary N) is 1. The Kier molecular flexibility index (Phi) is 7.06. The lowest BCUT2D eigenvalue weighted by Crippen LogP contribution is -2.35. The van der Waals surface area contributed by atoms with Crippen LogP contribution in [0.2, 0.25) is 0 Å². The summed E-state index contributed by atoms with van der Waals surface area (Å²) in [5.41, 5.74) is 4.63. The molecule has 0 fully saturated rings. The van der Waals surface area contributed by atoms with Crippen molar-refractivity contribution in [2.45, 2.75) is 25.0 Å². The number of aryl methyl sites for hydroxylation is 2. The lowest BCUT2D eigenvalue weighted by Gasteiger charge is -2.25. The normalized spacial score (nSPS) is 12.2. The number of carbonyl (C=O) groups is 1. The second kappa shape index (κ2) is 9.71. The summed E-state index contributed by atoms with van der Waals surface area (Å²) in [6.07, 6.45) is 1.68. The predicted molar refractivity (Wildman–Crippen MR) is 117 cm³/mol. The molecular formula is C22H27N5OS. The molecule has 0 aliphatic rings. The van der Waals surface area contributed by atoms with Crippen molar-refractivity contribution in [3.8, 4) is 5.69 Å². The molecule has 7 heteroatoms. The van der Waals surface area contributed by atoms with Crippen LogP contribution in [-0.2, 0) is 4.79 Å². The standard InChI is InChI=1S/C22H27N5OS/c1-16-10-11-19(12-17(16)2)27-15-24-25-22(27)29-14-21(28)23-13-20(26(3)4)18-8-6-5-7-9-18/h5-12,15,20H,13-14H2,1-4H3,(H,23,28). The molecular weight excluding hydrogens is 382 g/mol. The molecule has 0 aliphatic heterocycles. The van der Waals surface area contributed by atoms with Crippen molar-refractivity contribution in [3.63, 3.8) is 0 Å². The fourth-order valence-corrected chi connectivity index (χ4v) is 3.80. The molecule has 29 heavy (non-hydrogen) atoms. The maximum absolute atomic E-state index is 12.4. The Balaban J connectivity index is 1.59. The number of hydrogen-bond donors (Lipinski definition) is 1. The molecule has 2 aromatic carbocycles. The highest BCUT2D eigenvalue weighted by Crippen LogP contribution is 2.21. The number of hydrogen-bond acceptors (Lipinski definition) is 5. The zero-order valence-electron chi connectivity index (χ0n) is 17.3. The predicted octanol–water partition coefficient (Wildman–Crippen LogP) is 3.40. The van der Waals surface area contributed by atoms with Gasteiger partial charge in [-0.25, -0.2) is 0 Å². The molecule has 0 radical (unpaired) electrons. The van der Waals surface area contributed by atoms with Gasteiger partial charge in [-0.3, -0.25) is 9.36 Å². The quantitative estimate of drug-likeness (QED) is 0.578. The van der Waals surface area contributed by atoms with Crippen LogP contribution in [0.5, 0.6) is 0 Å². The third-order valence-corrected chi connectivity index (χ3v) is 5.86. The van der Waals surface area contributed by atoms with E-state index in [1.54, 1.807) is 6.33 Å². The molecule has 0 aliphatic carbocycles. The van der Waals surface area contributed by atoms with Gasteiger partial charge in [-0.15, -0.1) is 10.2 Å². The summed E-state index contributed by atoms with van der Waals surface area (Å²) < 4.78 is 1.91. The monoisotopic (exact) mass is 409 g/mol. The van der Waals surface area contributed by atoms with Crippen LogP contribution in [0, 0.1) is 13.8 Å². The summed E-state index contributed by atoms with van der Waals surface area (Å²) in [6, 6.07) is 16.5. The zero-order valence-corrected chi connectivity index (χ0v) is 18.1. The number of likely N-dealkylation sites (N-methyl/N-ethyl adjacent to an activating group) is 1. The summed E-state index contributed by atoms with van der Waals surface area (Å²) in [4.78, 5) is 14.5. The summed E-state index contributed by atoms with van der Waals surface area (Å²) in [7, 11) is 4.04. The van der Waals surface area contributed by atoms with Gasteiger partial charge in [0.05, 0.1) is 11.8 Å². The van der Waals surface area contributed by atoms with E-state index in [2.05, 4.69) is 58.5 Å². The van der Waals surface area contributed by atoms with Crippen molar-refractivity contribution in [2.75, 3.05) is 26.4 Å². The molecule has 0 saturated heterocycles. The molecule has 0 bridgehead atoms. The number of aromatic nitrogens is 3. The number of thioether (sulfide) groups is 1. The van der Waals surface area contributed by atoms with Gasteiger partial charge in [-0.2, -0.15) is 0 Å². The Morgan fingerprint density at radius 3 is 2.59 bits per heavy atom. The Morgan fingerprint density at radius 2 is 1.90 bits per heavy atom. The molecule has 6 nitrogen and oxygen atoms in total. The molecule has 0 saturated carbocycles. The minimum absolute atomic E-state index is 0.0209. The van der Waals surface area contributed by atoms with Crippen molar-refractivity contribution in [1.82, 2.24) is 25.0 Å². The van der Waals surface area contributed by atoms with Crippen LogP contribution in [0.3, 0.4) is 0 Å². The van der Waals surface area contributed by atoms with Crippen LogP contribution in [-0.4, -0.2) is 52.0 Å². The second-order valence-corrected chi connectivity index (χ2v) is 8.18. The Bertz CT molecular complexity index is 955. The van der Waals surface area contributed by atoms with Gasteiger partial charge >= 0.3 is 0 Å². The summed E-state index contributed by atoms with van der Waals surface area (Å²) in [5, 5.41) is 11.9. The third kappa shape index (κ3) is 5.46. The maximum Gasteiger partial charge on any atom is 0.230 e. The van der Waals surface area contributed by atoms with Gasteiger partial charge in [0.25, 0.3) is 0 Å². The summed E-state index contributed by atoms with van der Waals surface area (Å²) in [5.74, 6) is 0.269. The van der Waals surface area contributed by atoms with Crippen molar-refractivity contribution in [1.29, 1.82) is 0 Å². The second-order valence-electron chi connectivity index (χ2n) is 7.23. The molecule has 1 unspecified atom stereocenters. The van der Waals surface area contributed by atoms with E-state index in [0.29, 0.717) is 17.5 Å². The van der Waals surface area contributed by atoms with Gasteiger partial charge in [-0.05, 0) is 56.8 Å². The SMILES string of the molecule is Cc1ccc(-n2cnnc2SCC(=O)NCC(c2ccccc2)N(C)C)cc1C. The van der Waals surface area contributed by atoms with E-state index in [-0.39, 0.29) is 11.9 Å². The van der Waals surface area contributed by atoms with Gasteiger partial charge < -0.3 is 10.2 Å². The highest BCUT2D eigenvalue weighted by molar-refractivity contribution is 7.99. The first-order chi connectivity index (χ1) is 14.0. The van der Waals surface area contributed by atoms with E-state index in [1.807, 2.05) is 42.9 Å². The minimum atomic E-state index is -0.0209. The highest BCUT2D eigenvalue weighted by atomic mass is 32.2. The Morgan fingerprint density at radius 1 is 1.14 bits per heavy atom. The summed E-state index contributed by atoms with van der Waals surface area (Å²) in [6.45, 7) is 4.72. The largest absolute Gasteiger partial charge is 0.353 e. The lowest BCUT2D eigenvalue weighted by molar-refractivity contribution is -0.118. The van der Waals surface area contributed by atoms with E-state index in [0.717, 1.165) is 5.69 Å². The van der Waals surface area contributed by atoms with Gasteiger partial charge in [-0.1, -0.05) is 48.2 Å². The van der Waals surface area contributed by atoms with Gasteiger partial charge in [0, 0.05) is 12.2 Å². The van der Waals surface area contributed by atoms with Gasteiger partial charge in [0.1, 0.15) is 6.33 Å². The number of nitrogens with zero attached hydrogens (tertiary/aromatic N) is 4. The molecule has 1 atom stereocenters. The Labute approximate surface area is 176 Å². The zero-order chi connectivity index (χ0) is 20.8. The van der Waals surface area contributed by atoms with Crippen molar-refractivity contribution < 1.29 is 4.79 Å². The molecule has 1 heterocycles. The topological polar surface area (TPSA) is 63.1 Å². The number of carbonyl (C=O) groups excluding carboxylic acids is 1. The average molecular weight is 410 g/mol. The van der Waals surface area contributed by atoms with E-state index < -0.39 is 0 Å². The fraction of sp³-hybridized carbons (Fsp3) is 0.318. The van der Waals surface area contributed by atoms with Crippen LogP contribution in [0.15, 0.2) is 60.0 Å². The van der Waals surface area contributed by atoms with E-state index in [4.69, 9.17) is 0 Å². The van der Waals surface area contributed by atoms with Crippen molar-refractivity contribution in [3.05, 3.63) is 71.5 Å². The first-order valence-corrected chi connectivity index (χ1v) is 10.5. The van der Waals surface area contributed by atoms with Crippen LogP contribution >= 0.6 is 11.8 Å². The van der Waals surface area contributed by atoms with Crippen LogP contribution in [0.4, 0.5) is 0 Å². The van der Waals surface area contributed by atoms with E-state index in [1.165, 1.54) is 28.5 Å². The molecule has 152 valence electrons. The Hall–Kier alpha value is -2.64. The molecule has 3 aromatic rings. The van der Waals surface area contributed by atoms with Crippen molar-refractivity contribution in [2.24, 2.45) is 0 Å².